The van der Waals surface area contributed by atoms with E-state index < -0.39 is 0 Å². The van der Waals surface area contributed by atoms with E-state index in [1.807, 2.05) is 4.68 Å². The fourth-order valence-electron chi connectivity index (χ4n) is 2.96. The Hall–Kier alpha value is -1.51. The molecule has 2 aliphatic rings. The SMILES string of the molecule is Clc1nc(N2CCOCC2)c2nnn(C3CCOCC3)c2n1. The number of ether oxygens (including phenoxy) is 2. The van der Waals surface area contributed by atoms with Crippen molar-refractivity contribution in [2.75, 3.05) is 44.4 Å². The van der Waals surface area contributed by atoms with E-state index in [-0.39, 0.29) is 11.3 Å². The molecule has 0 radical (unpaired) electrons. The maximum absolute atomic E-state index is 6.14. The molecule has 0 amide bonds. The molecule has 2 saturated heterocycles. The number of nitrogens with zero attached hydrogens (tertiary/aromatic N) is 6. The van der Waals surface area contributed by atoms with E-state index in [0.29, 0.717) is 24.4 Å². The quantitative estimate of drug-likeness (QED) is 0.764. The molecule has 2 fully saturated rings. The second kappa shape index (κ2) is 5.94. The van der Waals surface area contributed by atoms with Crippen LogP contribution in [-0.2, 0) is 9.47 Å². The van der Waals surface area contributed by atoms with E-state index in [2.05, 4.69) is 25.2 Å². The third kappa shape index (κ3) is 2.51. The standard InChI is InChI=1S/C13H17ClN6O2/c14-13-15-11(19-3-7-22-8-4-19)10-12(16-13)20(18-17-10)9-1-5-21-6-2-9/h9H,1-8H2. The Bertz CT molecular complexity index is 666. The summed E-state index contributed by atoms with van der Waals surface area (Å²) in [4.78, 5) is 10.9. The molecular weight excluding hydrogens is 308 g/mol. The van der Waals surface area contributed by atoms with Gasteiger partial charge in [-0.3, -0.25) is 0 Å². The fourth-order valence-corrected chi connectivity index (χ4v) is 3.12. The van der Waals surface area contributed by atoms with Gasteiger partial charge >= 0.3 is 0 Å². The van der Waals surface area contributed by atoms with Crippen molar-refractivity contribution in [3.63, 3.8) is 0 Å². The molecule has 4 rings (SSSR count). The summed E-state index contributed by atoms with van der Waals surface area (Å²) in [6.07, 6.45) is 1.82. The first-order valence-electron chi connectivity index (χ1n) is 7.52. The highest BCUT2D eigenvalue weighted by molar-refractivity contribution is 6.28. The molecule has 9 heteroatoms. The molecule has 0 aliphatic carbocycles. The van der Waals surface area contributed by atoms with Crippen LogP contribution < -0.4 is 4.90 Å². The molecule has 118 valence electrons. The van der Waals surface area contributed by atoms with E-state index in [0.717, 1.165) is 45.0 Å². The monoisotopic (exact) mass is 324 g/mol. The first-order valence-corrected chi connectivity index (χ1v) is 7.89. The minimum Gasteiger partial charge on any atom is -0.381 e. The van der Waals surface area contributed by atoms with Crippen molar-refractivity contribution in [1.29, 1.82) is 0 Å². The predicted molar refractivity (Wildman–Crippen MR) is 80.3 cm³/mol. The summed E-state index contributed by atoms with van der Waals surface area (Å²) in [6.45, 7) is 4.37. The number of hydrogen-bond donors (Lipinski definition) is 0. The van der Waals surface area contributed by atoms with Crippen LogP contribution in [0.3, 0.4) is 0 Å². The molecule has 0 aromatic carbocycles. The van der Waals surface area contributed by atoms with E-state index in [1.54, 1.807) is 0 Å². The van der Waals surface area contributed by atoms with Gasteiger partial charge in [-0.2, -0.15) is 9.97 Å². The number of morpholine rings is 1. The number of fused-ring (bicyclic) bond motifs is 1. The topological polar surface area (TPSA) is 78.2 Å². The van der Waals surface area contributed by atoms with Gasteiger partial charge in [0.05, 0.1) is 19.3 Å². The smallest absolute Gasteiger partial charge is 0.226 e. The lowest BCUT2D eigenvalue weighted by Gasteiger charge is -2.27. The van der Waals surface area contributed by atoms with E-state index in [9.17, 15) is 0 Å². The van der Waals surface area contributed by atoms with Crippen molar-refractivity contribution < 1.29 is 9.47 Å². The van der Waals surface area contributed by atoms with Crippen LogP contribution >= 0.6 is 11.6 Å². The van der Waals surface area contributed by atoms with Gasteiger partial charge in [-0.1, -0.05) is 5.21 Å². The lowest BCUT2D eigenvalue weighted by molar-refractivity contribution is 0.0668. The highest BCUT2D eigenvalue weighted by atomic mass is 35.5. The molecule has 0 N–H and O–H groups in total. The van der Waals surface area contributed by atoms with Gasteiger partial charge in [0, 0.05) is 26.3 Å². The van der Waals surface area contributed by atoms with Crippen LogP contribution in [-0.4, -0.2) is 64.5 Å². The van der Waals surface area contributed by atoms with Gasteiger partial charge in [-0.15, -0.1) is 5.10 Å². The number of hydrogen-bond acceptors (Lipinski definition) is 7. The van der Waals surface area contributed by atoms with Crippen molar-refractivity contribution in [3.05, 3.63) is 5.28 Å². The molecule has 8 nitrogen and oxygen atoms in total. The largest absolute Gasteiger partial charge is 0.381 e. The first-order chi connectivity index (χ1) is 10.8. The third-order valence-electron chi connectivity index (χ3n) is 4.13. The van der Waals surface area contributed by atoms with Crippen LogP contribution in [0.2, 0.25) is 5.28 Å². The van der Waals surface area contributed by atoms with Crippen molar-refractivity contribution in [1.82, 2.24) is 25.0 Å². The Labute approximate surface area is 132 Å². The minimum absolute atomic E-state index is 0.226. The average molecular weight is 325 g/mol. The second-order valence-electron chi connectivity index (χ2n) is 5.47. The fraction of sp³-hybridized carbons (Fsp3) is 0.692. The number of aromatic nitrogens is 5. The van der Waals surface area contributed by atoms with Crippen molar-refractivity contribution in [3.8, 4) is 0 Å². The Morgan fingerprint density at radius 3 is 2.50 bits per heavy atom. The number of anilines is 1. The van der Waals surface area contributed by atoms with Gasteiger partial charge in [0.25, 0.3) is 0 Å². The Balaban J connectivity index is 1.76. The first kappa shape index (κ1) is 14.1. The summed E-state index contributed by atoms with van der Waals surface area (Å²) >= 11 is 6.14. The van der Waals surface area contributed by atoms with Gasteiger partial charge in [0.15, 0.2) is 17.0 Å². The maximum atomic E-state index is 6.14. The molecule has 0 spiro atoms. The second-order valence-corrected chi connectivity index (χ2v) is 5.80. The van der Waals surface area contributed by atoms with Crippen LogP contribution in [0.4, 0.5) is 5.82 Å². The highest BCUT2D eigenvalue weighted by Crippen LogP contribution is 2.28. The summed E-state index contributed by atoms with van der Waals surface area (Å²) < 4.78 is 12.7. The molecule has 0 atom stereocenters. The van der Waals surface area contributed by atoms with Crippen LogP contribution in [0, 0.1) is 0 Å². The lowest BCUT2D eigenvalue weighted by atomic mass is 10.1. The Morgan fingerprint density at radius 2 is 1.73 bits per heavy atom. The summed E-state index contributed by atoms with van der Waals surface area (Å²) in [5.74, 6) is 0.747. The summed E-state index contributed by atoms with van der Waals surface area (Å²) in [5, 5.41) is 8.85. The van der Waals surface area contributed by atoms with Crippen molar-refractivity contribution >= 4 is 28.6 Å². The lowest BCUT2D eigenvalue weighted by Crippen LogP contribution is -2.37. The molecule has 0 unspecified atom stereocenters. The summed E-state index contributed by atoms with van der Waals surface area (Å²) in [6, 6.07) is 0.252. The highest BCUT2D eigenvalue weighted by Gasteiger charge is 2.24. The molecule has 2 aromatic rings. The Morgan fingerprint density at radius 1 is 1.00 bits per heavy atom. The van der Waals surface area contributed by atoms with Gasteiger partial charge in [0.1, 0.15) is 0 Å². The number of halogens is 1. The molecule has 22 heavy (non-hydrogen) atoms. The van der Waals surface area contributed by atoms with E-state index in [4.69, 9.17) is 21.1 Å². The molecule has 0 saturated carbocycles. The van der Waals surface area contributed by atoms with Crippen LogP contribution in [0.15, 0.2) is 0 Å². The maximum Gasteiger partial charge on any atom is 0.226 e. The van der Waals surface area contributed by atoms with Crippen LogP contribution in [0.25, 0.3) is 11.2 Å². The summed E-state index contributed by atoms with van der Waals surface area (Å²) in [5.41, 5.74) is 1.41. The normalized spacial score (nSPS) is 20.7. The minimum atomic E-state index is 0.226. The third-order valence-corrected chi connectivity index (χ3v) is 4.29. The molecule has 0 bridgehead atoms. The zero-order chi connectivity index (χ0) is 14.9. The molecule has 2 aromatic heterocycles. The van der Waals surface area contributed by atoms with Gasteiger partial charge in [-0.25, -0.2) is 4.68 Å². The molecule has 4 heterocycles. The molecule has 2 aliphatic heterocycles. The Kier molecular flexibility index (Phi) is 3.81. The van der Waals surface area contributed by atoms with E-state index in [1.165, 1.54) is 0 Å². The predicted octanol–water partition coefficient (Wildman–Crippen LogP) is 1.06. The van der Waals surface area contributed by atoms with Crippen molar-refractivity contribution in [2.45, 2.75) is 18.9 Å². The van der Waals surface area contributed by atoms with Crippen molar-refractivity contribution in [2.24, 2.45) is 0 Å². The van der Waals surface area contributed by atoms with E-state index >= 15 is 0 Å². The number of rotatable bonds is 2. The van der Waals surface area contributed by atoms with Gasteiger partial charge in [-0.05, 0) is 24.4 Å². The zero-order valence-electron chi connectivity index (χ0n) is 12.1. The van der Waals surface area contributed by atoms with Gasteiger partial charge < -0.3 is 14.4 Å². The van der Waals surface area contributed by atoms with Crippen LogP contribution in [0.5, 0.6) is 0 Å². The molecular formula is C13H17ClN6O2. The average Bonchev–Trinajstić information content (AvgIpc) is 2.99. The summed E-state index contributed by atoms with van der Waals surface area (Å²) in [7, 11) is 0. The zero-order valence-corrected chi connectivity index (χ0v) is 12.9. The van der Waals surface area contributed by atoms with Crippen LogP contribution in [0.1, 0.15) is 18.9 Å². The van der Waals surface area contributed by atoms with Gasteiger partial charge in [0.2, 0.25) is 5.28 Å².